The predicted molar refractivity (Wildman–Crippen MR) is 60.6 cm³/mol. The molecule has 3 N–H and O–H groups in total. The van der Waals surface area contributed by atoms with Gasteiger partial charge in [-0.15, -0.1) is 0 Å². The quantitative estimate of drug-likeness (QED) is 0.700. The van der Waals surface area contributed by atoms with Crippen molar-refractivity contribution in [3.8, 4) is 0 Å². The van der Waals surface area contributed by atoms with Gasteiger partial charge in [0, 0.05) is 6.20 Å². The van der Waals surface area contributed by atoms with Crippen molar-refractivity contribution in [2.24, 2.45) is 0 Å². The van der Waals surface area contributed by atoms with E-state index in [1.165, 1.54) is 19.2 Å². The molecule has 0 amide bonds. The first-order chi connectivity index (χ1) is 7.95. The molecule has 1 fully saturated rings. The van der Waals surface area contributed by atoms with E-state index in [-0.39, 0.29) is 12.3 Å². The van der Waals surface area contributed by atoms with Gasteiger partial charge in [0.2, 0.25) is 0 Å². The Kier molecular flexibility index (Phi) is 3.38. The van der Waals surface area contributed by atoms with Crippen LogP contribution in [0.15, 0.2) is 18.3 Å². The maximum absolute atomic E-state index is 10.3. The maximum atomic E-state index is 10.3. The van der Waals surface area contributed by atoms with Crippen molar-refractivity contribution in [3.63, 3.8) is 0 Å². The number of aliphatic hydroxyl groups excluding tert-OH is 2. The predicted octanol–water partition coefficient (Wildman–Crippen LogP) is 0.0631. The molecule has 1 aliphatic rings. The topological polar surface area (TPSA) is 82.8 Å². The number of pyridine rings is 1. The molecule has 1 aliphatic heterocycles. The number of aliphatic hydroxyl groups is 3. The van der Waals surface area contributed by atoms with Crippen molar-refractivity contribution < 1.29 is 20.1 Å². The summed E-state index contributed by atoms with van der Waals surface area (Å²) in [6.07, 6.45) is -1.53. The molecule has 0 radical (unpaired) electrons. The van der Waals surface area contributed by atoms with E-state index in [1.54, 1.807) is 6.07 Å². The fraction of sp³-hybridized carbons (Fsp3) is 0.545. The lowest BCUT2D eigenvalue weighted by Crippen LogP contribution is -2.44. The van der Waals surface area contributed by atoms with Gasteiger partial charge >= 0.3 is 0 Å². The zero-order valence-corrected chi connectivity index (χ0v) is 10.0. The van der Waals surface area contributed by atoms with Crippen LogP contribution in [0.1, 0.15) is 12.6 Å². The lowest BCUT2D eigenvalue weighted by atomic mass is 9.91. The molecule has 1 unspecified atom stereocenters. The van der Waals surface area contributed by atoms with Crippen LogP contribution in [-0.4, -0.2) is 45.2 Å². The Bertz CT molecular complexity index is 397. The second-order valence-corrected chi connectivity index (χ2v) is 4.68. The highest BCUT2D eigenvalue weighted by Gasteiger charge is 2.51. The van der Waals surface area contributed by atoms with Gasteiger partial charge in [-0.2, -0.15) is 0 Å². The molecular formula is C11H14ClNO4. The van der Waals surface area contributed by atoms with Gasteiger partial charge < -0.3 is 20.1 Å². The van der Waals surface area contributed by atoms with Crippen LogP contribution in [0.25, 0.3) is 0 Å². The Morgan fingerprint density at radius 1 is 1.59 bits per heavy atom. The molecule has 0 spiro atoms. The van der Waals surface area contributed by atoms with E-state index in [1.807, 2.05) is 0 Å². The van der Waals surface area contributed by atoms with E-state index in [9.17, 15) is 15.3 Å². The second-order valence-electron chi connectivity index (χ2n) is 4.25. The van der Waals surface area contributed by atoms with Crippen LogP contribution in [0.4, 0.5) is 0 Å². The minimum Gasteiger partial charge on any atom is -0.391 e. The molecule has 0 aliphatic carbocycles. The van der Waals surface area contributed by atoms with Crippen molar-refractivity contribution in [3.05, 3.63) is 29.0 Å². The number of rotatable bonds is 2. The molecule has 2 rings (SSSR count). The summed E-state index contributed by atoms with van der Waals surface area (Å²) >= 11 is 5.70. The Morgan fingerprint density at radius 2 is 2.29 bits per heavy atom. The van der Waals surface area contributed by atoms with Gasteiger partial charge in [0.15, 0.2) is 5.60 Å². The second kappa shape index (κ2) is 4.51. The molecule has 0 aromatic carbocycles. The first-order valence-corrected chi connectivity index (χ1v) is 5.65. The van der Waals surface area contributed by atoms with Gasteiger partial charge in [-0.05, 0) is 19.1 Å². The lowest BCUT2D eigenvalue weighted by Gasteiger charge is -2.26. The number of aromatic nitrogens is 1. The van der Waals surface area contributed by atoms with Gasteiger partial charge in [-0.3, -0.25) is 4.98 Å². The first-order valence-electron chi connectivity index (χ1n) is 5.27. The summed E-state index contributed by atoms with van der Waals surface area (Å²) < 4.78 is 5.20. The highest BCUT2D eigenvalue weighted by atomic mass is 35.5. The molecule has 2 heterocycles. The van der Waals surface area contributed by atoms with E-state index in [0.29, 0.717) is 5.02 Å². The third kappa shape index (κ3) is 2.17. The summed E-state index contributed by atoms with van der Waals surface area (Å²) in [7, 11) is 0. The molecule has 0 bridgehead atoms. The molecule has 17 heavy (non-hydrogen) atoms. The van der Waals surface area contributed by atoms with Crippen molar-refractivity contribution in [2.45, 2.75) is 30.8 Å². The van der Waals surface area contributed by atoms with Gasteiger partial charge in [-0.25, -0.2) is 0 Å². The molecule has 6 heteroatoms. The van der Waals surface area contributed by atoms with E-state index < -0.39 is 23.9 Å². The van der Waals surface area contributed by atoms with Crippen molar-refractivity contribution in [1.82, 2.24) is 4.98 Å². The van der Waals surface area contributed by atoms with Crippen LogP contribution in [0.3, 0.4) is 0 Å². The van der Waals surface area contributed by atoms with Gasteiger partial charge in [0.25, 0.3) is 0 Å². The zero-order valence-electron chi connectivity index (χ0n) is 9.25. The lowest BCUT2D eigenvalue weighted by molar-refractivity contribution is -0.0739. The fourth-order valence-corrected chi connectivity index (χ4v) is 2.04. The van der Waals surface area contributed by atoms with Gasteiger partial charge in [0.1, 0.15) is 12.2 Å². The summed E-state index contributed by atoms with van der Waals surface area (Å²) in [4.78, 5) is 3.97. The van der Waals surface area contributed by atoms with E-state index in [0.717, 1.165) is 0 Å². The van der Waals surface area contributed by atoms with Crippen LogP contribution < -0.4 is 0 Å². The summed E-state index contributed by atoms with van der Waals surface area (Å²) in [5.41, 5.74) is -1.33. The maximum Gasteiger partial charge on any atom is 0.158 e. The normalized spacial score (nSPS) is 34.9. The summed E-state index contributed by atoms with van der Waals surface area (Å²) in [5.74, 6) is 0. The monoisotopic (exact) mass is 259 g/mol. The minimum atomic E-state index is -1.60. The van der Waals surface area contributed by atoms with Crippen LogP contribution in [0.5, 0.6) is 0 Å². The van der Waals surface area contributed by atoms with Crippen LogP contribution in [0, 0.1) is 0 Å². The molecule has 94 valence electrons. The third-order valence-electron chi connectivity index (χ3n) is 2.94. The molecule has 1 aromatic heterocycles. The molecule has 0 saturated carbocycles. The SMILES string of the molecule is CC(O)[C@H]1OC[C@@](O)(c2ccc(Cl)cn2)[C@@H]1O. The summed E-state index contributed by atoms with van der Waals surface area (Å²) in [6, 6.07) is 3.10. The molecule has 1 aromatic rings. The average molecular weight is 260 g/mol. The van der Waals surface area contributed by atoms with Crippen molar-refractivity contribution in [2.75, 3.05) is 6.61 Å². The van der Waals surface area contributed by atoms with E-state index in [2.05, 4.69) is 4.98 Å². The number of nitrogens with zero attached hydrogens (tertiary/aromatic N) is 1. The van der Waals surface area contributed by atoms with Crippen LogP contribution >= 0.6 is 11.6 Å². The Labute approximate surface area is 104 Å². The minimum absolute atomic E-state index is 0.113. The molecule has 5 nitrogen and oxygen atoms in total. The van der Waals surface area contributed by atoms with E-state index >= 15 is 0 Å². The third-order valence-corrected chi connectivity index (χ3v) is 3.17. The largest absolute Gasteiger partial charge is 0.391 e. The zero-order chi connectivity index (χ0) is 12.6. The summed E-state index contributed by atoms with van der Waals surface area (Å²) in [5, 5.41) is 30.2. The Hall–Kier alpha value is -0.720. The van der Waals surface area contributed by atoms with Gasteiger partial charge in [-0.1, -0.05) is 11.6 Å². The van der Waals surface area contributed by atoms with Crippen LogP contribution in [0.2, 0.25) is 5.02 Å². The number of halogens is 1. The van der Waals surface area contributed by atoms with E-state index in [4.69, 9.17) is 16.3 Å². The average Bonchev–Trinajstić information content (AvgIpc) is 2.58. The standard InChI is InChI=1S/C11H14ClNO4/c1-6(14)9-10(15)11(16,5-17-9)8-3-2-7(12)4-13-8/h2-4,6,9-10,14-16H,5H2,1H3/t6?,9-,10-,11-/m1/s1. The Balaban J connectivity index is 2.28. The number of hydrogen-bond donors (Lipinski definition) is 3. The summed E-state index contributed by atoms with van der Waals surface area (Å²) in [6.45, 7) is 1.38. The smallest absolute Gasteiger partial charge is 0.158 e. The first kappa shape index (κ1) is 12.7. The van der Waals surface area contributed by atoms with Crippen LogP contribution in [-0.2, 0) is 10.3 Å². The van der Waals surface area contributed by atoms with Crippen molar-refractivity contribution in [1.29, 1.82) is 0 Å². The number of ether oxygens (including phenoxy) is 1. The number of hydrogen-bond acceptors (Lipinski definition) is 5. The fourth-order valence-electron chi connectivity index (χ4n) is 1.93. The molecule has 1 saturated heterocycles. The van der Waals surface area contributed by atoms with Gasteiger partial charge in [0.05, 0.1) is 23.4 Å². The Morgan fingerprint density at radius 3 is 2.76 bits per heavy atom. The van der Waals surface area contributed by atoms with Crippen molar-refractivity contribution >= 4 is 11.6 Å². The highest BCUT2D eigenvalue weighted by molar-refractivity contribution is 6.30. The highest BCUT2D eigenvalue weighted by Crippen LogP contribution is 2.34. The molecular weight excluding hydrogens is 246 g/mol. The molecule has 4 atom stereocenters.